The Morgan fingerprint density at radius 2 is 2.21 bits per heavy atom. The Labute approximate surface area is 79.8 Å². The number of aromatic nitrogens is 1. The van der Waals surface area contributed by atoms with Crippen LogP contribution in [-0.4, -0.2) is 17.2 Å². The molecule has 3 nitrogen and oxygen atoms in total. The van der Waals surface area contributed by atoms with Gasteiger partial charge in [-0.25, -0.2) is 9.37 Å². The van der Waals surface area contributed by atoms with E-state index >= 15 is 0 Å². The third kappa shape index (κ3) is 1.25. The monoisotopic (exact) mass is 193 g/mol. The van der Waals surface area contributed by atoms with E-state index in [0.717, 1.165) is 0 Å². The first-order valence-electron chi connectivity index (χ1n) is 4.03. The van der Waals surface area contributed by atoms with E-state index < -0.39 is 5.82 Å². The molecule has 4 heteroatoms. The van der Waals surface area contributed by atoms with Gasteiger partial charge in [-0.2, -0.15) is 0 Å². The first-order chi connectivity index (χ1) is 6.72. The molecule has 0 amide bonds. The number of nitrogens with zero attached hydrogens (tertiary/aromatic N) is 1. The zero-order valence-electron chi connectivity index (χ0n) is 7.49. The fourth-order valence-corrected chi connectivity index (χ4v) is 1.29. The van der Waals surface area contributed by atoms with E-state index in [-0.39, 0.29) is 17.0 Å². The Morgan fingerprint density at radius 3 is 2.93 bits per heavy atom. The van der Waals surface area contributed by atoms with Crippen LogP contribution in [0.15, 0.2) is 24.4 Å². The highest BCUT2D eigenvalue weighted by atomic mass is 19.1. The summed E-state index contributed by atoms with van der Waals surface area (Å²) in [7, 11) is 1.39. The summed E-state index contributed by atoms with van der Waals surface area (Å²) in [5.41, 5.74) is 0.196. The second-order valence-corrected chi connectivity index (χ2v) is 2.85. The van der Waals surface area contributed by atoms with Crippen LogP contribution in [0.25, 0.3) is 10.9 Å². The van der Waals surface area contributed by atoms with Crippen molar-refractivity contribution in [2.75, 3.05) is 7.11 Å². The van der Waals surface area contributed by atoms with Crippen LogP contribution in [-0.2, 0) is 0 Å². The number of fused-ring (bicyclic) bond motifs is 1. The fourth-order valence-electron chi connectivity index (χ4n) is 1.29. The molecule has 0 spiro atoms. The molecule has 72 valence electrons. The summed E-state index contributed by atoms with van der Waals surface area (Å²) in [6, 6.07) is 4.59. The van der Waals surface area contributed by atoms with Crippen molar-refractivity contribution in [3.05, 3.63) is 30.2 Å². The van der Waals surface area contributed by atoms with E-state index in [1.807, 2.05) is 0 Å². The summed E-state index contributed by atoms with van der Waals surface area (Å²) in [6.07, 6.45) is 1.20. The molecule has 14 heavy (non-hydrogen) atoms. The molecule has 0 aliphatic carbocycles. The van der Waals surface area contributed by atoms with E-state index in [0.29, 0.717) is 5.39 Å². The second kappa shape index (κ2) is 3.14. The lowest BCUT2D eigenvalue weighted by molar-refractivity contribution is 0.388. The molecule has 0 fully saturated rings. The average Bonchev–Trinajstić information content (AvgIpc) is 2.18. The van der Waals surface area contributed by atoms with Crippen molar-refractivity contribution in [2.24, 2.45) is 0 Å². The van der Waals surface area contributed by atoms with Gasteiger partial charge >= 0.3 is 0 Å². The van der Waals surface area contributed by atoms with Crippen molar-refractivity contribution in [2.45, 2.75) is 0 Å². The molecule has 1 N–H and O–H groups in total. The lowest BCUT2D eigenvalue weighted by atomic mass is 10.2. The van der Waals surface area contributed by atoms with Crippen molar-refractivity contribution >= 4 is 10.9 Å². The zero-order chi connectivity index (χ0) is 10.1. The average molecular weight is 193 g/mol. The van der Waals surface area contributed by atoms with Gasteiger partial charge in [0.25, 0.3) is 0 Å². The van der Waals surface area contributed by atoms with Crippen molar-refractivity contribution in [3.63, 3.8) is 0 Å². The van der Waals surface area contributed by atoms with E-state index in [9.17, 15) is 4.39 Å². The van der Waals surface area contributed by atoms with Gasteiger partial charge in [0.2, 0.25) is 0 Å². The topological polar surface area (TPSA) is 42.4 Å². The number of ether oxygens (including phenoxy) is 1. The standard InChI is InChI=1S/C10H8FNO2/c1-14-8-3-2-6-4-7(13)5-12-10(6)9(8)11/h2-5,13H,1H3. The molecule has 2 aromatic rings. The molecule has 0 atom stereocenters. The number of aromatic hydroxyl groups is 1. The molecule has 0 bridgehead atoms. The van der Waals surface area contributed by atoms with Gasteiger partial charge in [-0.3, -0.25) is 0 Å². The molecule has 0 aliphatic rings. The predicted molar refractivity (Wildman–Crippen MR) is 49.9 cm³/mol. The highest BCUT2D eigenvalue weighted by Gasteiger charge is 2.08. The Hall–Kier alpha value is -1.84. The Bertz CT molecular complexity index is 485. The largest absolute Gasteiger partial charge is 0.506 e. The van der Waals surface area contributed by atoms with E-state index in [2.05, 4.69) is 4.98 Å². The maximum absolute atomic E-state index is 13.5. The van der Waals surface area contributed by atoms with Crippen molar-refractivity contribution in [1.82, 2.24) is 4.98 Å². The Balaban J connectivity index is 2.77. The van der Waals surface area contributed by atoms with Gasteiger partial charge < -0.3 is 9.84 Å². The lowest BCUT2D eigenvalue weighted by Crippen LogP contribution is -1.90. The molecular weight excluding hydrogens is 185 g/mol. The number of hydrogen-bond donors (Lipinski definition) is 1. The first-order valence-corrected chi connectivity index (χ1v) is 4.03. The van der Waals surface area contributed by atoms with Gasteiger partial charge in [0.05, 0.1) is 13.3 Å². The van der Waals surface area contributed by atoms with Gasteiger partial charge in [-0.15, -0.1) is 0 Å². The highest BCUT2D eigenvalue weighted by molar-refractivity contribution is 5.81. The van der Waals surface area contributed by atoms with Gasteiger partial charge in [0, 0.05) is 5.39 Å². The minimum Gasteiger partial charge on any atom is -0.506 e. The third-order valence-electron chi connectivity index (χ3n) is 1.96. The Kier molecular flexibility index (Phi) is 1.96. The summed E-state index contributed by atoms with van der Waals surface area (Å²) >= 11 is 0. The van der Waals surface area contributed by atoms with Crippen LogP contribution < -0.4 is 4.74 Å². The number of methoxy groups -OCH3 is 1. The molecule has 0 saturated carbocycles. The summed E-state index contributed by atoms with van der Waals surface area (Å²) < 4.78 is 18.3. The molecule has 0 saturated heterocycles. The molecule has 2 rings (SSSR count). The molecule has 1 aromatic carbocycles. The molecule has 1 aromatic heterocycles. The van der Waals surface area contributed by atoms with Crippen molar-refractivity contribution in [3.8, 4) is 11.5 Å². The third-order valence-corrected chi connectivity index (χ3v) is 1.96. The van der Waals surface area contributed by atoms with Crippen LogP contribution in [0.3, 0.4) is 0 Å². The van der Waals surface area contributed by atoms with Crippen LogP contribution in [0.4, 0.5) is 4.39 Å². The SMILES string of the molecule is COc1ccc2cc(O)cnc2c1F. The van der Waals surface area contributed by atoms with E-state index in [1.165, 1.54) is 25.4 Å². The highest BCUT2D eigenvalue weighted by Crippen LogP contribution is 2.26. The summed E-state index contributed by atoms with van der Waals surface area (Å²) in [5.74, 6) is -0.345. The maximum Gasteiger partial charge on any atom is 0.191 e. The summed E-state index contributed by atoms with van der Waals surface area (Å²) in [6.45, 7) is 0. The van der Waals surface area contributed by atoms with Gasteiger partial charge in [0.15, 0.2) is 11.6 Å². The molecule has 0 aliphatic heterocycles. The molecule has 1 heterocycles. The number of pyridine rings is 1. The lowest BCUT2D eigenvalue weighted by Gasteiger charge is -2.04. The van der Waals surface area contributed by atoms with E-state index in [1.54, 1.807) is 6.07 Å². The number of benzene rings is 1. The van der Waals surface area contributed by atoms with Crippen LogP contribution in [0.1, 0.15) is 0 Å². The second-order valence-electron chi connectivity index (χ2n) is 2.85. The number of halogens is 1. The number of hydrogen-bond acceptors (Lipinski definition) is 3. The van der Waals surface area contributed by atoms with Crippen molar-refractivity contribution in [1.29, 1.82) is 0 Å². The minimum absolute atomic E-state index is 0.0158. The maximum atomic E-state index is 13.5. The fraction of sp³-hybridized carbons (Fsp3) is 0.100. The Morgan fingerprint density at radius 1 is 1.43 bits per heavy atom. The quantitative estimate of drug-likeness (QED) is 0.754. The molecule has 0 unspecified atom stereocenters. The van der Waals surface area contributed by atoms with Crippen LogP contribution in [0, 0.1) is 5.82 Å². The zero-order valence-corrected chi connectivity index (χ0v) is 7.49. The normalized spacial score (nSPS) is 10.4. The smallest absolute Gasteiger partial charge is 0.191 e. The number of rotatable bonds is 1. The molecule has 0 radical (unpaired) electrons. The van der Waals surface area contributed by atoms with Gasteiger partial charge in [-0.1, -0.05) is 0 Å². The van der Waals surface area contributed by atoms with Gasteiger partial charge in [-0.05, 0) is 18.2 Å². The first kappa shape index (κ1) is 8.74. The van der Waals surface area contributed by atoms with Crippen molar-refractivity contribution < 1.29 is 14.2 Å². The van der Waals surface area contributed by atoms with Crippen LogP contribution in [0.5, 0.6) is 11.5 Å². The predicted octanol–water partition coefficient (Wildman–Crippen LogP) is 2.09. The van der Waals surface area contributed by atoms with E-state index in [4.69, 9.17) is 9.84 Å². The molecular formula is C10H8FNO2. The van der Waals surface area contributed by atoms with Crippen LogP contribution >= 0.6 is 0 Å². The summed E-state index contributed by atoms with van der Waals surface area (Å²) in [4.78, 5) is 3.78. The van der Waals surface area contributed by atoms with Crippen LogP contribution in [0.2, 0.25) is 0 Å². The summed E-state index contributed by atoms with van der Waals surface area (Å²) in [5, 5.41) is 9.68. The minimum atomic E-state index is -0.509. The van der Waals surface area contributed by atoms with Gasteiger partial charge in [0.1, 0.15) is 11.3 Å².